The van der Waals surface area contributed by atoms with Crippen molar-refractivity contribution >= 4 is 34.4 Å². The predicted octanol–water partition coefficient (Wildman–Crippen LogP) is 4.92. The molecule has 0 aromatic rings. The number of aliphatic hydroxyl groups is 5. The van der Waals surface area contributed by atoms with Crippen molar-refractivity contribution < 1.29 is 58.8 Å². The van der Waals surface area contributed by atoms with Gasteiger partial charge >= 0.3 is 0 Å². The zero-order chi connectivity index (χ0) is 44.4. The first-order chi connectivity index (χ1) is 29.1. The molecule has 0 aromatic heterocycles. The van der Waals surface area contributed by atoms with Crippen molar-refractivity contribution in [3.05, 3.63) is 12.2 Å². The average Bonchev–Trinajstić information content (AvgIpc) is 3.21. The van der Waals surface area contributed by atoms with Crippen LogP contribution in [-0.2, 0) is 33.3 Å². The minimum absolute atomic E-state index is 0.0910. The Labute approximate surface area is 378 Å². The first kappa shape index (κ1) is 51.0. The number of hydrogen-bond acceptors (Lipinski definition) is 12. The summed E-state index contributed by atoms with van der Waals surface area (Å²) < 4.78 is 32.4. The molecule has 61 heavy (non-hydrogen) atoms. The van der Waals surface area contributed by atoms with Crippen molar-refractivity contribution in [2.24, 2.45) is 23.7 Å². The Bertz CT molecular complexity index is 1380. The number of likely N-dealkylation sites (tertiary alicyclic amines) is 1. The van der Waals surface area contributed by atoms with Gasteiger partial charge < -0.3 is 59.4 Å². The van der Waals surface area contributed by atoms with Crippen LogP contribution in [0.25, 0.3) is 0 Å². The number of halogens is 1. The van der Waals surface area contributed by atoms with Crippen LogP contribution in [0.4, 0.5) is 0 Å². The molecular formula is C46H79IN2O12. The molecule has 3 saturated heterocycles. The number of alkyl halides is 1. The molecule has 0 bridgehead atoms. The van der Waals surface area contributed by atoms with E-state index in [0.29, 0.717) is 38.3 Å². The number of nitrogens with zero attached hydrogens (tertiary/aromatic N) is 1. The standard InChI is InChI=1S/C46H79IN2O12/c1-7-10-12-13-15-29-16-18-30(19-17-29)23-34(43(56)49-21-14-22-49)58-42-36(48-28(5)51)44(60-35(26-50)38(42)53)59-33-25-32(46(6,47)20-11-8-2)24-31(9-3)41(33)61-45-40(55)39(54)37(52)27(4)57-45/h11,20,27,29-42,44-45,50,52-55H,7-10,12-19,21-26H2,1-6H3,(H,48,51)/b20-11-/t27?,29?,30?,31?,32?,33-,34+,35?,36?,37-,38+,39?,40?,41-,42?,44-,45+,46?/m1/s1. The zero-order valence-corrected chi connectivity index (χ0v) is 39.8. The van der Waals surface area contributed by atoms with Crippen molar-refractivity contribution in [2.75, 3.05) is 19.7 Å². The van der Waals surface area contributed by atoms with E-state index in [9.17, 15) is 35.1 Å². The lowest BCUT2D eigenvalue weighted by Gasteiger charge is -2.51. The van der Waals surface area contributed by atoms with Crippen LogP contribution in [0.1, 0.15) is 138 Å². The van der Waals surface area contributed by atoms with Gasteiger partial charge in [-0.15, -0.1) is 0 Å². The first-order valence-electron chi connectivity index (χ1n) is 23.6. The number of carbonyl (C=O) groups is 2. The van der Waals surface area contributed by atoms with Gasteiger partial charge in [0.15, 0.2) is 12.6 Å². The second-order valence-corrected chi connectivity index (χ2v) is 21.3. The van der Waals surface area contributed by atoms with Crippen LogP contribution in [0, 0.1) is 23.7 Å². The molecule has 352 valence electrons. The van der Waals surface area contributed by atoms with Crippen molar-refractivity contribution in [3.63, 3.8) is 0 Å². The van der Waals surface area contributed by atoms with Gasteiger partial charge in [0.05, 0.1) is 24.9 Å². The summed E-state index contributed by atoms with van der Waals surface area (Å²) in [4.78, 5) is 29.0. The Kier molecular flexibility index (Phi) is 20.0. The molecule has 16 atom stereocenters. The highest BCUT2D eigenvalue weighted by atomic mass is 127. The molecule has 2 saturated carbocycles. The van der Waals surface area contributed by atoms with Gasteiger partial charge in [0.25, 0.3) is 5.91 Å². The Morgan fingerprint density at radius 1 is 0.902 bits per heavy atom. The van der Waals surface area contributed by atoms with Gasteiger partial charge in [0, 0.05) is 23.4 Å². The van der Waals surface area contributed by atoms with Crippen LogP contribution in [0.3, 0.4) is 0 Å². The lowest BCUT2D eigenvalue weighted by molar-refractivity contribution is -0.339. The monoisotopic (exact) mass is 978 g/mol. The second-order valence-electron chi connectivity index (χ2n) is 18.9. The third-order valence-electron chi connectivity index (χ3n) is 14.3. The Morgan fingerprint density at radius 2 is 1.61 bits per heavy atom. The molecule has 0 spiro atoms. The molecule has 3 aliphatic heterocycles. The van der Waals surface area contributed by atoms with Gasteiger partial charge in [-0.05, 0) is 69.6 Å². The molecule has 14 nitrogen and oxygen atoms in total. The molecule has 5 rings (SSSR count). The van der Waals surface area contributed by atoms with E-state index in [1.807, 2.05) is 0 Å². The third kappa shape index (κ3) is 13.3. The van der Waals surface area contributed by atoms with E-state index in [0.717, 1.165) is 44.9 Å². The smallest absolute Gasteiger partial charge is 0.251 e. The van der Waals surface area contributed by atoms with E-state index in [4.69, 9.17) is 23.7 Å². The number of carbonyl (C=O) groups excluding carboxylic acids is 2. The van der Waals surface area contributed by atoms with E-state index in [1.165, 1.54) is 39.0 Å². The number of allylic oxidation sites excluding steroid dienone is 2. The maximum Gasteiger partial charge on any atom is 0.251 e. The van der Waals surface area contributed by atoms with Crippen LogP contribution in [0.2, 0.25) is 0 Å². The Morgan fingerprint density at radius 3 is 2.21 bits per heavy atom. The highest BCUT2D eigenvalue weighted by Crippen LogP contribution is 2.46. The van der Waals surface area contributed by atoms with Gasteiger partial charge in [0.1, 0.15) is 48.8 Å². The minimum Gasteiger partial charge on any atom is -0.394 e. The summed E-state index contributed by atoms with van der Waals surface area (Å²) >= 11 is 2.48. The molecule has 9 unspecified atom stereocenters. The normalized spacial score (nSPS) is 40.0. The number of aliphatic hydroxyl groups excluding tert-OH is 5. The number of amides is 2. The van der Waals surface area contributed by atoms with Crippen molar-refractivity contribution in [3.8, 4) is 0 Å². The molecule has 0 aromatic carbocycles. The molecule has 2 amide bonds. The van der Waals surface area contributed by atoms with Crippen molar-refractivity contribution in [1.82, 2.24) is 10.2 Å². The number of nitrogens with one attached hydrogen (secondary N) is 1. The molecule has 5 aliphatic rings. The summed E-state index contributed by atoms with van der Waals surface area (Å²) in [6.45, 7) is 12.2. The van der Waals surface area contributed by atoms with E-state index in [-0.39, 0.29) is 27.1 Å². The van der Waals surface area contributed by atoms with Gasteiger partial charge in [-0.2, -0.15) is 0 Å². The predicted molar refractivity (Wildman–Crippen MR) is 239 cm³/mol. The summed E-state index contributed by atoms with van der Waals surface area (Å²) in [5, 5.41) is 57.6. The lowest BCUT2D eigenvalue weighted by atomic mass is 9.71. The lowest BCUT2D eigenvalue weighted by Crippen LogP contribution is -2.67. The van der Waals surface area contributed by atoms with Crippen molar-refractivity contribution in [1.29, 1.82) is 0 Å². The largest absolute Gasteiger partial charge is 0.394 e. The Hall–Kier alpha value is -0.990. The second kappa shape index (κ2) is 24.0. The number of unbranched alkanes of at least 4 members (excludes halogenated alkanes) is 3. The van der Waals surface area contributed by atoms with Crippen LogP contribution >= 0.6 is 22.6 Å². The van der Waals surface area contributed by atoms with Gasteiger partial charge in [-0.25, -0.2) is 0 Å². The summed E-state index contributed by atoms with van der Waals surface area (Å²) in [5.41, 5.74) is 0. The quantitative estimate of drug-likeness (QED) is 0.0418. The molecule has 6 N–H and O–H groups in total. The first-order valence-corrected chi connectivity index (χ1v) is 24.7. The van der Waals surface area contributed by atoms with E-state index < -0.39 is 92.2 Å². The minimum atomic E-state index is -1.53. The summed E-state index contributed by atoms with van der Waals surface area (Å²) in [6.07, 6.45) is 5.36. The number of rotatable bonds is 20. The van der Waals surface area contributed by atoms with Crippen molar-refractivity contribution in [2.45, 2.75) is 221 Å². The number of hydrogen-bond donors (Lipinski definition) is 6. The fourth-order valence-electron chi connectivity index (χ4n) is 10.2. The third-order valence-corrected chi connectivity index (χ3v) is 15.6. The molecular weight excluding hydrogens is 899 g/mol. The van der Waals surface area contributed by atoms with E-state index in [1.54, 1.807) is 11.8 Å². The van der Waals surface area contributed by atoms with Gasteiger partial charge in [-0.1, -0.05) is 120 Å². The molecule has 3 heterocycles. The average molecular weight is 979 g/mol. The van der Waals surface area contributed by atoms with Crippen LogP contribution in [0.5, 0.6) is 0 Å². The molecule has 2 aliphatic carbocycles. The maximum atomic E-state index is 14.2. The fraction of sp³-hybridized carbons (Fsp3) is 0.913. The molecule has 0 radical (unpaired) electrons. The highest BCUT2D eigenvalue weighted by molar-refractivity contribution is 14.1. The van der Waals surface area contributed by atoms with E-state index >= 15 is 0 Å². The molecule has 15 heteroatoms. The summed E-state index contributed by atoms with van der Waals surface area (Å²) in [5.74, 6) is 0.401. The van der Waals surface area contributed by atoms with Crippen LogP contribution in [-0.4, -0.2) is 145 Å². The number of ether oxygens (including phenoxy) is 5. The zero-order valence-electron chi connectivity index (χ0n) is 37.6. The highest BCUT2D eigenvalue weighted by Gasteiger charge is 2.53. The Balaban J connectivity index is 1.43. The summed E-state index contributed by atoms with van der Waals surface area (Å²) in [7, 11) is 0. The topological polar surface area (TPSA) is 197 Å². The fourth-order valence-corrected chi connectivity index (χ4v) is 11.0. The van der Waals surface area contributed by atoms with Crippen LogP contribution < -0.4 is 5.32 Å². The van der Waals surface area contributed by atoms with E-state index in [2.05, 4.69) is 67.8 Å². The van der Waals surface area contributed by atoms with Crippen LogP contribution in [0.15, 0.2) is 12.2 Å². The van der Waals surface area contributed by atoms with Gasteiger partial charge in [0.2, 0.25) is 5.91 Å². The molecule has 5 fully saturated rings. The SMILES string of the molecule is CC/C=C\C(C)(I)C1CC(CC)[C@@H](O[C@@H]2OC(C)[C@@H](O)C(O)C2O)[C@H](O[C@@H]2OC(CO)[C@H](O)C(O[C@@H](CC3CCC(CCCCCC)CC3)C(=O)N3CCC3)C2NC(C)=O)C1. The maximum absolute atomic E-state index is 14.2. The van der Waals surface area contributed by atoms with Gasteiger partial charge in [-0.3, -0.25) is 9.59 Å². The summed E-state index contributed by atoms with van der Waals surface area (Å²) in [6, 6.07) is -1.08.